The lowest BCUT2D eigenvalue weighted by molar-refractivity contribution is -0.130. The fraction of sp³-hybridized carbons (Fsp3) is 0.688. The molecule has 2 aliphatic rings. The number of likely N-dealkylation sites (tertiary alicyclic amines) is 1. The van der Waals surface area contributed by atoms with E-state index in [-0.39, 0.29) is 0 Å². The van der Waals surface area contributed by atoms with Crippen LogP contribution in [0.15, 0.2) is 12.3 Å². The predicted molar refractivity (Wildman–Crippen MR) is 101 cm³/mol. The molecule has 1 aromatic rings. The number of nitrogens with two attached hydrogens (primary N) is 1. The van der Waals surface area contributed by atoms with E-state index in [1.54, 1.807) is 12.3 Å². The minimum absolute atomic E-state index is 0.311. The van der Waals surface area contributed by atoms with Crippen LogP contribution in [-0.4, -0.2) is 74.4 Å². The molecule has 0 saturated carbocycles. The van der Waals surface area contributed by atoms with Crippen molar-refractivity contribution in [2.24, 2.45) is 0 Å². The number of hydrogen-bond donors (Lipinski definition) is 1. The molecular weight excluding hydrogens is 342 g/mol. The van der Waals surface area contributed by atoms with Crippen molar-refractivity contribution in [3.05, 3.63) is 18.1 Å². The largest absolute Gasteiger partial charge is 0.384 e. The number of likely N-dealkylation sites (N-methyl/N-ethyl adjacent to an activating group) is 1. The Hall–Kier alpha value is -0.990. The van der Waals surface area contributed by atoms with Gasteiger partial charge in [-0.1, -0.05) is 0 Å². The number of carbonyl (C=O) groups is 1. The van der Waals surface area contributed by atoms with Crippen molar-refractivity contribution in [2.75, 3.05) is 43.1 Å². The second kappa shape index (κ2) is 8.40. The second-order valence-corrected chi connectivity index (χ2v) is 8.93. The fourth-order valence-corrected chi connectivity index (χ4v) is 5.82. The van der Waals surface area contributed by atoms with Crippen LogP contribution in [0.1, 0.15) is 18.7 Å². The third kappa shape index (κ3) is 4.77. The Morgan fingerprint density at radius 2 is 2.38 bits per heavy atom. The third-order valence-corrected chi connectivity index (χ3v) is 7.39. The average molecular weight is 368 g/mol. The van der Waals surface area contributed by atoms with Crippen molar-refractivity contribution in [1.82, 2.24) is 19.8 Å². The first-order valence-corrected chi connectivity index (χ1v) is 10.6. The number of hydrogen-bond acceptors (Lipinski definition) is 7. The Morgan fingerprint density at radius 3 is 3.12 bits per heavy atom. The van der Waals surface area contributed by atoms with Crippen LogP contribution in [0.5, 0.6) is 0 Å². The van der Waals surface area contributed by atoms with E-state index in [4.69, 9.17) is 5.73 Å². The highest BCUT2D eigenvalue weighted by Gasteiger charge is 2.30. The Bertz CT molecular complexity index is 567. The quantitative estimate of drug-likeness (QED) is 0.841. The summed E-state index contributed by atoms with van der Waals surface area (Å²) in [5.41, 5.74) is 5.71. The summed E-state index contributed by atoms with van der Waals surface area (Å²) in [4.78, 5) is 25.3. The van der Waals surface area contributed by atoms with Crippen molar-refractivity contribution >= 4 is 35.2 Å². The van der Waals surface area contributed by atoms with Crippen LogP contribution in [0.25, 0.3) is 0 Å². The van der Waals surface area contributed by atoms with Gasteiger partial charge in [-0.25, -0.2) is 9.97 Å². The van der Waals surface area contributed by atoms with Gasteiger partial charge in [-0.05, 0) is 19.5 Å². The molecule has 1 amide bonds. The van der Waals surface area contributed by atoms with E-state index in [1.165, 1.54) is 11.5 Å². The fourth-order valence-electron chi connectivity index (χ4n) is 3.15. The van der Waals surface area contributed by atoms with Crippen LogP contribution in [0, 0.1) is 0 Å². The maximum Gasteiger partial charge on any atom is 0.223 e. The molecule has 2 fully saturated rings. The van der Waals surface area contributed by atoms with E-state index in [9.17, 15) is 4.79 Å². The molecule has 3 rings (SSSR count). The van der Waals surface area contributed by atoms with Gasteiger partial charge in [0.1, 0.15) is 11.6 Å². The lowest BCUT2D eigenvalue weighted by Gasteiger charge is -2.25. The van der Waals surface area contributed by atoms with Crippen LogP contribution in [0.3, 0.4) is 0 Å². The van der Waals surface area contributed by atoms with Crippen LogP contribution < -0.4 is 5.73 Å². The summed E-state index contributed by atoms with van der Waals surface area (Å²) in [5, 5.41) is 0.494. The number of anilines is 1. The molecule has 24 heavy (non-hydrogen) atoms. The summed E-state index contributed by atoms with van der Waals surface area (Å²) in [7, 11) is 2.07. The summed E-state index contributed by atoms with van der Waals surface area (Å²) in [5.74, 6) is 5.05. The van der Waals surface area contributed by atoms with Crippen molar-refractivity contribution in [2.45, 2.75) is 30.7 Å². The van der Waals surface area contributed by atoms with Crippen molar-refractivity contribution in [3.8, 4) is 0 Å². The zero-order valence-electron chi connectivity index (χ0n) is 14.1. The molecule has 0 aliphatic carbocycles. The summed E-state index contributed by atoms with van der Waals surface area (Å²) >= 11 is 3.92. The van der Waals surface area contributed by atoms with Gasteiger partial charge in [0.05, 0.1) is 6.54 Å². The van der Waals surface area contributed by atoms with Crippen molar-refractivity contribution in [1.29, 1.82) is 0 Å². The molecule has 8 heteroatoms. The summed E-state index contributed by atoms with van der Waals surface area (Å²) in [6, 6.07) is 2.06. The molecule has 2 aliphatic heterocycles. The Morgan fingerprint density at radius 1 is 1.50 bits per heavy atom. The lowest BCUT2D eigenvalue weighted by atomic mass is 10.2. The van der Waals surface area contributed by atoms with Crippen LogP contribution in [-0.2, 0) is 11.3 Å². The van der Waals surface area contributed by atoms with Gasteiger partial charge in [0.25, 0.3) is 0 Å². The highest BCUT2D eigenvalue weighted by atomic mass is 32.2. The topological polar surface area (TPSA) is 75.4 Å². The first-order valence-electron chi connectivity index (χ1n) is 8.36. The number of amides is 1. The number of carbonyl (C=O) groups excluding carboxylic acids is 1. The SMILES string of the molecule is CN(Cc1nccc(N)n1)C1CCN(C(=O)CC2CSCCS2)C1. The van der Waals surface area contributed by atoms with Crippen molar-refractivity contribution in [3.63, 3.8) is 0 Å². The first kappa shape index (κ1) is 17.8. The molecule has 0 spiro atoms. The molecule has 2 saturated heterocycles. The normalized spacial score (nSPS) is 24.5. The smallest absolute Gasteiger partial charge is 0.223 e. The van der Waals surface area contributed by atoms with Gasteiger partial charge in [0.15, 0.2) is 0 Å². The van der Waals surface area contributed by atoms with Gasteiger partial charge >= 0.3 is 0 Å². The summed E-state index contributed by atoms with van der Waals surface area (Å²) in [6.45, 7) is 2.32. The standard InChI is InChI=1S/C16H25N5OS2/c1-20(10-15-18-4-2-14(17)19-15)12-3-5-21(9-12)16(22)8-13-11-23-6-7-24-13/h2,4,12-13H,3,5-11H2,1H3,(H2,17,18,19). The van der Waals surface area contributed by atoms with E-state index in [0.29, 0.717) is 36.0 Å². The zero-order chi connectivity index (χ0) is 16.9. The van der Waals surface area contributed by atoms with Crippen LogP contribution >= 0.6 is 23.5 Å². The second-order valence-electron chi connectivity index (χ2n) is 6.37. The molecule has 6 nitrogen and oxygen atoms in total. The molecule has 132 valence electrons. The van der Waals surface area contributed by atoms with E-state index in [1.807, 2.05) is 28.4 Å². The monoisotopic (exact) mass is 367 g/mol. The molecule has 0 radical (unpaired) electrons. The maximum atomic E-state index is 12.5. The highest BCUT2D eigenvalue weighted by molar-refractivity contribution is 8.06. The van der Waals surface area contributed by atoms with E-state index in [2.05, 4.69) is 21.9 Å². The molecular formula is C16H25N5OS2. The molecule has 2 unspecified atom stereocenters. The Balaban J connectivity index is 1.48. The summed E-state index contributed by atoms with van der Waals surface area (Å²) < 4.78 is 0. The predicted octanol–water partition coefficient (Wildman–Crippen LogP) is 1.33. The molecule has 1 aromatic heterocycles. The van der Waals surface area contributed by atoms with Gasteiger partial charge < -0.3 is 10.6 Å². The van der Waals surface area contributed by atoms with Gasteiger partial charge in [-0.3, -0.25) is 9.69 Å². The van der Waals surface area contributed by atoms with Gasteiger partial charge in [0.2, 0.25) is 5.91 Å². The first-order chi connectivity index (χ1) is 11.6. The number of nitrogen functional groups attached to an aromatic ring is 1. The van der Waals surface area contributed by atoms with Crippen LogP contribution in [0.4, 0.5) is 5.82 Å². The summed E-state index contributed by atoms with van der Waals surface area (Å²) in [6.07, 6.45) is 3.39. The number of rotatable bonds is 5. The van der Waals surface area contributed by atoms with Crippen LogP contribution in [0.2, 0.25) is 0 Å². The van der Waals surface area contributed by atoms with E-state index in [0.717, 1.165) is 31.1 Å². The Labute approximate surface area is 152 Å². The number of thioether (sulfide) groups is 2. The minimum Gasteiger partial charge on any atom is -0.384 e. The zero-order valence-corrected chi connectivity index (χ0v) is 15.7. The minimum atomic E-state index is 0.311. The molecule has 2 N–H and O–H groups in total. The lowest BCUT2D eigenvalue weighted by Crippen LogP contribution is -2.37. The maximum absolute atomic E-state index is 12.5. The highest BCUT2D eigenvalue weighted by Crippen LogP contribution is 2.27. The van der Waals surface area contributed by atoms with E-state index < -0.39 is 0 Å². The molecule has 3 heterocycles. The average Bonchev–Trinajstić information content (AvgIpc) is 3.06. The van der Waals surface area contributed by atoms with Gasteiger partial charge in [0, 0.05) is 54.3 Å². The van der Waals surface area contributed by atoms with E-state index >= 15 is 0 Å². The van der Waals surface area contributed by atoms with Crippen molar-refractivity contribution < 1.29 is 4.79 Å². The molecule has 0 bridgehead atoms. The number of nitrogens with zero attached hydrogens (tertiary/aromatic N) is 4. The van der Waals surface area contributed by atoms with Gasteiger partial charge in [-0.15, -0.1) is 0 Å². The van der Waals surface area contributed by atoms with Gasteiger partial charge in [-0.2, -0.15) is 23.5 Å². The Kier molecular flexibility index (Phi) is 6.24. The number of aromatic nitrogens is 2. The third-order valence-electron chi connectivity index (χ3n) is 4.54. The molecule has 2 atom stereocenters. The molecule has 0 aromatic carbocycles.